The van der Waals surface area contributed by atoms with E-state index in [-0.39, 0.29) is 5.60 Å². The summed E-state index contributed by atoms with van der Waals surface area (Å²) in [6.07, 6.45) is 3.93. The Morgan fingerprint density at radius 3 is 2.53 bits per heavy atom. The zero-order chi connectivity index (χ0) is 11.3. The van der Waals surface area contributed by atoms with Gasteiger partial charge in [-0.05, 0) is 27.7 Å². The van der Waals surface area contributed by atoms with Crippen LogP contribution in [0.5, 0.6) is 0 Å². The maximum atomic E-state index is 5.43. The third kappa shape index (κ3) is 7.11. The molecule has 1 atom stereocenters. The number of epoxide rings is 1. The smallest absolute Gasteiger partial charge is 0.104 e. The number of hydrogen-bond acceptors (Lipinski definition) is 3. The minimum absolute atomic E-state index is 0.00799. The number of imidazole rings is 1. The van der Waals surface area contributed by atoms with Crippen molar-refractivity contribution in [3.05, 3.63) is 18.2 Å². The van der Waals surface area contributed by atoms with Crippen LogP contribution in [0.1, 0.15) is 26.6 Å². The molecule has 0 aliphatic carbocycles. The fraction of sp³-hybridized carbons (Fsp3) is 0.727. The topological polar surface area (TPSA) is 50.4 Å². The largest absolute Gasteiger partial charge is 0.373 e. The van der Waals surface area contributed by atoms with Crippen molar-refractivity contribution < 1.29 is 9.47 Å². The molecule has 0 saturated carbocycles. The first kappa shape index (κ1) is 12.2. The number of aromatic nitrogens is 2. The zero-order valence-electron chi connectivity index (χ0n) is 9.91. The summed E-state index contributed by atoms with van der Waals surface area (Å²) in [6.45, 7) is 9.71. The van der Waals surface area contributed by atoms with E-state index >= 15 is 0 Å². The van der Waals surface area contributed by atoms with Gasteiger partial charge in [0.05, 0.1) is 18.8 Å². The van der Waals surface area contributed by atoms with Gasteiger partial charge in [0, 0.05) is 12.4 Å². The van der Waals surface area contributed by atoms with Crippen molar-refractivity contribution in [1.82, 2.24) is 9.97 Å². The quantitative estimate of drug-likeness (QED) is 0.762. The number of aryl methyl sites for hydroxylation is 1. The summed E-state index contributed by atoms with van der Waals surface area (Å²) < 4.78 is 10.4. The van der Waals surface area contributed by atoms with Crippen LogP contribution in [-0.4, -0.2) is 34.9 Å². The second-order valence-corrected chi connectivity index (χ2v) is 4.55. The van der Waals surface area contributed by atoms with Gasteiger partial charge in [0.25, 0.3) is 0 Å². The second-order valence-electron chi connectivity index (χ2n) is 4.55. The minimum Gasteiger partial charge on any atom is -0.373 e. The third-order valence-electron chi connectivity index (χ3n) is 1.74. The molecule has 1 fully saturated rings. The molecule has 1 aliphatic heterocycles. The average Bonchev–Trinajstić information content (AvgIpc) is 2.85. The lowest BCUT2D eigenvalue weighted by Gasteiger charge is -2.18. The summed E-state index contributed by atoms with van der Waals surface area (Å²) in [5.74, 6) is 0.968. The summed E-state index contributed by atoms with van der Waals surface area (Å²) in [5, 5.41) is 0. The Hall–Kier alpha value is -0.870. The number of hydrogen-bond donors (Lipinski definition) is 1. The van der Waals surface area contributed by atoms with Crippen LogP contribution in [0, 0.1) is 6.92 Å². The fourth-order valence-corrected chi connectivity index (χ4v) is 0.851. The predicted molar refractivity (Wildman–Crippen MR) is 58.8 cm³/mol. The molecule has 4 nitrogen and oxygen atoms in total. The molecule has 1 aromatic rings. The van der Waals surface area contributed by atoms with Crippen LogP contribution in [0.15, 0.2) is 12.4 Å². The van der Waals surface area contributed by atoms with Gasteiger partial charge >= 0.3 is 0 Å². The van der Waals surface area contributed by atoms with Gasteiger partial charge in [-0.3, -0.25) is 0 Å². The van der Waals surface area contributed by atoms with E-state index in [1.807, 2.05) is 6.92 Å². The Labute approximate surface area is 91.0 Å². The Morgan fingerprint density at radius 2 is 2.27 bits per heavy atom. The van der Waals surface area contributed by atoms with Gasteiger partial charge in [0.2, 0.25) is 0 Å². The van der Waals surface area contributed by atoms with E-state index in [0.717, 1.165) is 19.0 Å². The number of nitrogens with zero attached hydrogens (tertiary/aromatic N) is 1. The lowest BCUT2D eigenvalue weighted by atomic mass is 10.2. The van der Waals surface area contributed by atoms with Crippen molar-refractivity contribution in [3.8, 4) is 0 Å². The molecule has 0 radical (unpaired) electrons. The van der Waals surface area contributed by atoms with Crippen LogP contribution in [0.3, 0.4) is 0 Å². The van der Waals surface area contributed by atoms with Crippen molar-refractivity contribution >= 4 is 0 Å². The van der Waals surface area contributed by atoms with Gasteiger partial charge in [-0.15, -0.1) is 0 Å². The third-order valence-corrected chi connectivity index (χ3v) is 1.74. The zero-order valence-corrected chi connectivity index (χ0v) is 9.91. The monoisotopic (exact) mass is 212 g/mol. The van der Waals surface area contributed by atoms with Crippen LogP contribution >= 0.6 is 0 Å². The van der Waals surface area contributed by atoms with E-state index in [1.54, 1.807) is 12.4 Å². The number of rotatable bonds is 2. The Bertz CT molecular complexity index is 261. The lowest BCUT2D eigenvalue weighted by molar-refractivity contribution is -0.0104. The molecule has 1 unspecified atom stereocenters. The van der Waals surface area contributed by atoms with Gasteiger partial charge in [-0.2, -0.15) is 0 Å². The number of H-pyrrole nitrogens is 1. The highest BCUT2D eigenvalue weighted by Crippen LogP contribution is 2.14. The molecule has 1 aliphatic rings. The van der Waals surface area contributed by atoms with Gasteiger partial charge in [0.1, 0.15) is 11.9 Å². The van der Waals surface area contributed by atoms with Crippen LogP contribution in [-0.2, 0) is 9.47 Å². The molecule has 2 rings (SSSR count). The van der Waals surface area contributed by atoms with Crippen molar-refractivity contribution in [2.75, 3.05) is 13.2 Å². The molecule has 0 amide bonds. The minimum atomic E-state index is -0.00799. The summed E-state index contributed by atoms with van der Waals surface area (Å²) in [7, 11) is 0. The van der Waals surface area contributed by atoms with Gasteiger partial charge in [0.15, 0.2) is 0 Å². The summed E-state index contributed by atoms with van der Waals surface area (Å²) in [6, 6.07) is 0. The van der Waals surface area contributed by atoms with E-state index in [4.69, 9.17) is 9.47 Å². The highest BCUT2D eigenvalue weighted by molar-refractivity contribution is 4.80. The van der Waals surface area contributed by atoms with Gasteiger partial charge in [-0.1, -0.05) is 0 Å². The standard InChI is InChI=1S/C7H14O2.C4H6N2/c1-7(2,3)9-5-6-4-8-6;1-4-5-2-3-6-4/h6H,4-5H2,1-3H3;2-3H,1H3,(H,5,6). The van der Waals surface area contributed by atoms with Crippen LogP contribution in [0.4, 0.5) is 0 Å². The molecular weight excluding hydrogens is 192 g/mol. The Morgan fingerprint density at radius 1 is 1.60 bits per heavy atom. The molecule has 2 heterocycles. The molecule has 4 heteroatoms. The van der Waals surface area contributed by atoms with Gasteiger partial charge < -0.3 is 14.5 Å². The summed E-state index contributed by atoms with van der Waals surface area (Å²) in [4.78, 5) is 6.75. The van der Waals surface area contributed by atoms with Crippen molar-refractivity contribution in [2.24, 2.45) is 0 Å². The molecule has 0 aromatic carbocycles. The van der Waals surface area contributed by atoms with Gasteiger partial charge in [-0.25, -0.2) is 4.98 Å². The molecule has 1 aromatic heterocycles. The lowest BCUT2D eigenvalue weighted by Crippen LogP contribution is -2.21. The average molecular weight is 212 g/mol. The Balaban J connectivity index is 0.000000162. The molecule has 1 saturated heterocycles. The van der Waals surface area contributed by atoms with Crippen molar-refractivity contribution in [1.29, 1.82) is 0 Å². The molecule has 0 spiro atoms. The summed E-state index contributed by atoms with van der Waals surface area (Å²) in [5.41, 5.74) is -0.00799. The summed E-state index contributed by atoms with van der Waals surface area (Å²) >= 11 is 0. The molecule has 15 heavy (non-hydrogen) atoms. The van der Waals surface area contributed by atoms with E-state index in [0.29, 0.717) is 6.10 Å². The second kappa shape index (κ2) is 5.28. The molecule has 0 bridgehead atoms. The van der Waals surface area contributed by atoms with E-state index in [1.165, 1.54) is 0 Å². The fourth-order valence-electron chi connectivity index (χ4n) is 0.851. The maximum Gasteiger partial charge on any atom is 0.104 e. The highest BCUT2D eigenvalue weighted by Gasteiger charge is 2.24. The molecule has 1 N–H and O–H groups in total. The SMILES string of the molecule is CC(C)(C)OCC1CO1.Cc1ncc[nH]1. The molecular formula is C11H20N2O2. The van der Waals surface area contributed by atoms with Crippen LogP contribution < -0.4 is 0 Å². The molecule has 86 valence electrons. The van der Waals surface area contributed by atoms with E-state index < -0.39 is 0 Å². The van der Waals surface area contributed by atoms with Crippen LogP contribution in [0.2, 0.25) is 0 Å². The number of ether oxygens (including phenoxy) is 2. The normalized spacial score (nSPS) is 19.3. The van der Waals surface area contributed by atoms with E-state index in [9.17, 15) is 0 Å². The first-order chi connectivity index (χ1) is 6.97. The first-order valence-corrected chi connectivity index (χ1v) is 5.19. The highest BCUT2D eigenvalue weighted by atomic mass is 16.6. The van der Waals surface area contributed by atoms with Crippen molar-refractivity contribution in [2.45, 2.75) is 39.4 Å². The number of aromatic amines is 1. The number of nitrogens with one attached hydrogen (secondary N) is 1. The maximum absolute atomic E-state index is 5.43. The van der Waals surface area contributed by atoms with Crippen LogP contribution in [0.25, 0.3) is 0 Å². The predicted octanol–water partition coefficient (Wildman–Crippen LogP) is 1.92. The first-order valence-electron chi connectivity index (χ1n) is 5.19. The van der Waals surface area contributed by atoms with Crippen molar-refractivity contribution in [3.63, 3.8) is 0 Å². The van der Waals surface area contributed by atoms with E-state index in [2.05, 4.69) is 30.7 Å². The Kier molecular flexibility index (Phi) is 4.29.